The van der Waals surface area contributed by atoms with E-state index in [1.165, 1.54) is 37.3 Å². The molecule has 0 aliphatic heterocycles. The van der Waals surface area contributed by atoms with E-state index in [4.69, 9.17) is 4.74 Å². The first-order chi connectivity index (χ1) is 13.4. The molecular weight excluding hydrogens is 364 g/mol. The maximum Gasteiger partial charge on any atom is 0.293 e. The summed E-state index contributed by atoms with van der Waals surface area (Å²) in [6, 6.07) is 13.0. The van der Waals surface area contributed by atoms with Crippen LogP contribution in [0.25, 0.3) is 0 Å². The second kappa shape index (κ2) is 10.0. The van der Waals surface area contributed by atoms with Gasteiger partial charge < -0.3 is 20.3 Å². The SMILES string of the molecule is COCCNc1ccc(C(=O)N(C)CC(=O)Nc2ccccc2)cc1[N+](=O)[O-]. The Hall–Kier alpha value is -3.46. The molecule has 0 unspecified atom stereocenters. The smallest absolute Gasteiger partial charge is 0.293 e. The summed E-state index contributed by atoms with van der Waals surface area (Å²) >= 11 is 0. The number of nitro benzene ring substituents is 1. The Morgan fingerprint density at radius 2 is 1.89 bits per heavy atom. The van der Waals surface area contributed by atoms with Gasteiger partial charge in [0, 0.05) is 38.0 Å². The van der Waals surface area contributed by atoms with Gasteiger partial charge in [-0.3, -0.25) is 19.7 Å². The van der Waals surface area contributed by atoms with Crippen molar-refractivity contribution in [1.82, 2.24) is 4.90 Å². The van der Waals surface area contributed by atoms with E-state index in [1.54, 1.807) is 24.3 Å². The van der Waals surface area contributed by atoms with E-state index in [2.05, 4.69) is 10.6 Å². The minimum Gasteiger partial charge on any atom is -0.383 e. The van der Waals surface area contributed by atoms with Crippen LogP contribution in [-0.2, 0) is 9.53 Å². The summed E-state index contributed by atoms with van der Waals surface area (Å²) in [4.78, 5) is 36.6. The molecule has 0 fully saturated rings. The predicted molar refractivity (Wildman–Crippen MR) is 105 cm³/mol. The highest BCUT2D eigenvalue weighted by Gasteiger charge is 2.20. The Kier molecular flexibility index (Phi) is 7.46. The molecule has 0 atom stereocenters. The number of nitrogens with zero attached hydrogens (tertiary/aromatic N) is 2. The molecule has 2 rings (SSSR count). The Bertz CT molecular complexity index is 841. The summed E-state index contributed by atoms with van der Waals surface area (Å²) in [5.41, 5.74) is 0.821. The molecule has 0 saturated heterocycles. The van der Waals surface area contributed by atoms with Crippen LogP contribution in [0.15, 0.2) is 48.5 Å². The van der Waals surface area contributed by atoms with Gasteiger partial charge in [-0.05, 0) is 24.3 Å². The minimum absolute atomic E-state index is 0.124. The van der Waals surface area contributed by atoms with Crippen LogP contribution in [0.4, 0.5) is 17.1 Å². The van der Waals surface area contributed by atoms with Gasteiger partial charge in [-0.1, -0.05) is 18.2 Å². The summed E-state index contributed by atoms with van der Waals surface area (Å²) < 4.78 is 4.91. The van der Waals surface area contributed by atoms with Crippen LogP contribution in [-0.4, -0.2) is 55.5 Å². The number of rotatable bonds is 9. The number of amides is 2. The number of methoxy groups -OCH3 is 1. The van der Waals surface area contributed by atoms with E-state index in [0.717, 1.165) is 0 Å². The average Bonchev–Trinajstić information content (AvgIpc) is 2.68. The van der Waals surface area contributed by atoms with Crippen LogP contribution in [0.3, 0.4) is 0 Å². The third kappa shape index (κ3) is 5.78. The van der Waals surface area contributed by atoms with Crippen LogP contribution in [0.2, 0.25) is 0 Å². The predicted octanol–water partition coefficient (Wildman–Crippen LogP) is 2.36. The molecule has 9 heteroatoms. The van der Waals surface area contributed by atoms with Gasteiger partial charge in [0.1, 0.15) is 5.69 Å². The van der Waals surface area contributed by atoms with Crippen molar-refractivity contribution in [3.05, 3.63) is 64.2 Å². The van der Waals surface area contributed by atoms with Crippen LogP contribution < -0.4 is 10.6 Å². The first-order valence-electron chi connectivity index (χ1n) is 8.54. The number of nitro groups is 1. The van der Waals surface area contributed by atoms with Crippen molar-refractivity contribution >= 4 is 28.9 Å². The number of hydrogen-bond donors (Lipinski definition) is 2. The highest BCUT2D eigenvalue weighted by atomic mass is 16.6. The lowest BCUT2D eigenvalue weighted by Crippen LogP contribution is -2.35. The van der Waals surface area contributed by atoms with E-state index < -0.39 is 10.8 Å². The molecule has 28 heavy (non-hydrogen) atoms. The number of hydrogen-bond acceptors (Lipinski definition) is 6. The minimum atomic E-state index is -0.561. The van der Waals surface area contributed by atoms with Gasteiger partial charge in [0.05, 0.1) is 18.1 Å². The zero-order valence-electron chi connectivity index (χ0n) is 15.7. The van der Waals surface area contributed by atoms with Gasteiger partial charge in [-0.2, -0.15) is 0 Å². The number of benzene rings is 2. The van der Waals surface area contributed by atoms with Crippen molar-refractivity contribution in [2.75, 3.05) is 44.5 Å². The van der Waals surface area contributed by atoms with E-state index >= 15 is 0 Å². The van der Waals surface area contributed by atoms with Crippen molar-refractivity contribution in [2.45, 2.75) is 0 Å². The lowest BCUT2D eigenvalue weighted by molar-refractivity contribution is -0.384. The van der Waals surface area contributed by atoms with Crippen molar-refractivity contribution in [1.29, 1.82) is 0 Å². The maximum atomic E-state index is 12.6. The fourth-order valence-corrected chi connectivity index (χ4v) is 2.48. The second-order valence-electron chi connectivity index (χ2n) is 5.98. The van der Waals surface area contributed by atoms with Crippen LogP contribution in [0, 0.1) is 10.1 Å². The molecule has 0 heterocycles. The molecule has 2 amide bonds. The lowest BCUT2D eigenvalue weighted by atomic mass is 10.1. The van der Waals surface area contributed by atoms with Gasteiger partial charge in [0.15, 0.2) is 0 Å². The van der Waals surface area contributed by atoms with E-state index in [-0.39, 0.29) is 23.7 Å². The zero-order valence-corrected chi connectivity index (χ0v) is 15.7. The van der Waals surface area contributed by atoms with Crippen LogP contribution in [0.5, 0.6) is 0 Å². The van der Waals surface area contributed by atoms with Crippen molar-refractivity contribution < 1.29 is 19.2 Å². The number of ether oxygens (including phenoxy) is 1. The van der Waals surface area contributed by atoms with E-state index in [1.807, 2.05) is 6.07 Å². The maximum absolute atomic E-state index is 12.6. The fourth-order valence-electron chi connectivity index (χ4n) is 2.48. The van der Waals surface area contributed by atoms with Gasteiger partial charge >= 0.3 is 0 Å². The third-order valence-corrected chi connectivity index (χ3v) is 3.85. The summed E-state index contributed by atoms with van der Waals surface area (Å²) in [6.07, 6.45) is 0. The molecule has 0 saturated carbocycles. The Morgan fingerprint density at radius 3 is 2.54 bits per heavy atom. The molecule has 148 valence electrons. The molecule has 2 aromatic rings. The summed E-state index contributed by atoms with van der Waals surface area (Å²) in [5.74, 6) is -0.857. The quantitative estimate of drug-likeness (QED) is 0.388. The molecule has 0 bridgehead atoms. The summed E-state index contributed by atoms with van der Waals surface area (Å²) in [7, 11) is 2.99. The molecule has 0 aromatic heterocycles. The number of carbonyl (C=O) groups is 2. The number of nitrogens with one attached hydrogen (secondary N) is 2. The topological polar surface area (TPSA) is 114 Å². The van der Waals surface area contributed by atoms with Crippen molar-refractivity contribution in [3.8, 4) is 0 Å². The third-order valence-electron chi connectivity index (χ3n) is 3.85. The second-order valence-corrected chi connectivity index (χ2v) is 5.98. The molecule has 9 nitrogen and oxygen atoms in total. The monoisotopic (exact) mass is 386 g/mol. The van der Waals surface area contributed by atoms with Crippen molar-refractivity contribution in [2.24, 2.45) is 0 Å². The first kappa shape index (κ1) is 20.8. The number of likely N-dealkylation sites (N-methyl/N-ethyl adjacent to an activating group) is 1. The Morgan fingerprint density at radius 1 is 1.18 bits per heavy atom. The van der Waals surface area contributed by atoms with Crippen molar-refractivity contribution in [3.63, 3.8) is 0 Å². The van der Waals surface area contributed by atoms with Crippen LogP contribution >= 0.6 is 0 Å². The van der Waals surface area contributed by atoms with Gasteiger partial charge in [0.2, 0.25) is 5.91 Å². The fraction of sp³-hybridized carbons (Fsp3) is 0.263. The van der Waals surface area contributed by atoms with Gasteiger partial charge in [0.25, 0.3) is 11.6 Å². The first-order valence-corrected chi connectivity index (χ1v) is 8.54. The zero-order chi connectivity index (χ0) is 20.5. The molecule has 0 radical (unpaired) electrons. The van der Waals surface area contributed by atoms with Gasteiger partial charge in [-0.15, -0.1) is 0 Å². The number of carbonyl (C=O) groups excluding carboxylic acids is 2. The standard InChI is InChI=1S/C19H22N4O5/c1-22(13-18(24)21-15-6-4-3-5-7-15)19(25)14-8-9-16(20-10-11-28-2)17(12-14)23(26)27/h3-9,12,20H,10-11,13H2,1-2H3,(H,21,24). The highest BCUT2D eigenvalue weighted by Crippen LogP contribution is 2.26. The normalized spacial score (nSPS) is 10.2. The Labute approximate surface area is 162 Å². The average molecular weight is 386 g/mol. The largest absolute Gasteiger partial charge is 0.383 e. The molecular formula is C19H22N4O5. The van der Waals surface area contributed by atoms with E-state index in [9.17, 15) is 19.7 Å². The number of anilines is 2. The molecule has 0 spiro atoms. The highest BCUT2D eigenvalue weighted by molar-refractivity contribution is 6.00. The molecule has 2 aromatic carbocycles. The Balaban J connectivity index is 2.06. The molecule has 2 N–H and O–H groups in total. The summed E-state index contributed by atoms with van der Waals surface area (Å²) in [6.45, 7) is 0.594. The molecule has 0 aliphatic carbocycles. The number of para-hydroxylation sites is 1. The van der Waals surface area contributed by atoms with Gasteiger partial charge in [-0.25, -0.2) is 0 Å². The lowest BCUT2D eigenvalue weighted by Gasteiger charge is -2.17. The van der Waals surface area contributed by atoms with E-state index in [0.29, 0.717) is 24.5 Å². The van der Waals surface area contributed by atoms with Crippen LogP contribution in [0.1, 0.15) is 10.4 Å². The molecule has 0 aliphatic rings. The summed E-state index contributed by atoms with van der Waals surface area (Å²) in [5, 5.41) is 16.9.